The van der Waals surface area contributed by atoms with E-state index >= 15 is 0 Å². The number of fused-ring (bicyclic) bond motifs is 3. The number of anilines is 1. The Labute approximate surface area is 181 Å². The van der Waals surface area contributed by atoms with Crippen LogP contribution in [-0.2, 0) is 0 Å². The number of aryl methyl sites for hydroxylation is 1. The highest BCUT2D eigenvalue weighted by molar-refractivity contribution is 5.85. The fourth-order valence-corrected chi connectivity index (χ4v) is 4.44. The van der Waals surface area contributed by atoms with Gasteiger partial charge in [0, 0.05) is 0 Å². The lowest BCUT2D eigenvalue weighted by Gasteiger charge is -2.34. The van der Waals surface area contributed by atoms with Gasteiger partial charge >= 0.3 is 0 Å². The Kier molecular flexibility index (Phi) is 5.19. The lowest BCUT2D eigenvalue weighted by molar-refractivity contribution is -0.900. The summed E-state index contributed by atoms with van der Waals surface area (Å²) in [4.78, 5) is 8.77. The normalized spacial score (nSPS) is 14.8. The summed E-state index contributed by atoms with van der Waals surface area (Å²) in [6, 6.07) is 22.6. The molecule has 1 aliphatic heterocycles. The molecule has 2 aromatic heterocycles. The van der Waals surface area contributed by atoms with E-state index in [2.05, 4.69) is 27.5 Å². The van der Waals surface area contributed by atoms with Crippen molar-refractivity contribution in [1.82, 2.24) is 9.38 Å². The summed E-state index contributed by atoms with van der Waals surface area (Å²) in [7, 11) is 0. The molecule has 2 aromatic carbocycles. The highest BCUT2D eigenvalue weighted by Crippen LogP contribution is 2.28. The van der Waals surface area contributed by atoms with E-state index < -0.39 is 0 Å². The number of para-hydroxylation sites is 3. The molecule has 0 spiro atoms. The number of imidazole rings is 1. The average molecular weight is 413 g/mol. The van der Waals surface area contributed by atoms with Crippen LogP contribution >= 0.6 is 0 Å². The zero-order valence-electron chi connectivity index (χ0n) is 17.7. The Balaban J connectivity index is 1.34. The number of rotatable bonds is 5. The molecule has 0 unspecified atom stereocenters. The quantitative estimate of drug-likeness (QED) is 0.547. The van der Waals surface area contributed by atoms with Crippen LogP contribution in [0.4, 0.5) is 5.82 Å². The lowest BCUT2D eigenvalue weighted by atomic mass is 10.1. The first-order chi connectivity index (χ1) is 15.2. The van der Waals surface area contributed by atoms with Gasteiger partial charge in [0.05, 0.1) is 42.8 Å². The van der Waals surface area contributed by atoms with Gasteiger partial charge in [-0.1, -0.05) is 30.3 Å². The van der Waals surface area contributed by atoms with Gasteiger partial charge in [-0.3, -0.25) is 4.40 Å². The number of hydrogen-bond donors (Lipinski definition) is 1. The zero-order chi connectivity index (χ0) is 21.2. The lowest BCUT2D eigenvalue weighted by Crippen LogP contribution is -3.15. The number of aromatic nitrogens is 2. The summed E-state index contributed by atoms with van der Waals surface area (Å²) in [5, 5.41) is 9.71. The molecule has 5 rings (SSSR count). The van der Waals surface area contributed by atoms with E-state index in [0.717, 1.165) is 73.1 Å². The molecule has 6 heteroatoms. The molecule has 31 heavy (non-hydrogen) atoms. The minimum Gasteiger partial charge on any atom is -0.488 e. The monoisotopic (exact) mass is 412 g/mol. The van der Waals surface area contributed by atoms with Gasteiger partial charge in [-0.05, 0) is 42.8 Å². The Morgan fingerprint density at radius 1 is 1.06 bits per heavy atom. The fourth-order valence-electron chi connectivity index (χ4n) is 4.44. The van der Waals surface area contributed by atoms with Crippen LogP contribution in [0, 0.1) is 18.3 Å². The molecule has 0 aliphatic carbocycles. The summed E-state index contributed by atoms with van der Waals surface area (Å²) in [6.45, 7) is 7.78. The Hall–Kier alpha value is -3.56. The van der Waals surface area contributed by atoms with Crippen LogP contribution in [0.2, 0.25) is 0 Å². The van der Waals surface area contributed by atoms with Gasteiger partial charge in [0.15, 0.2) is 5.65 Å². The molecule has 1 saturated heterocycles. The summed E-state index contributed by atoms with van der Waals surface area (Å²) < 4.78 is 8.04. The summed E-state index contributed by atoms with van der Waals surface area (Å²) in [5.41, 5.74) is 4.36. The number of nitrogens with one attached hydrogen (secondary N) is 1. The van der Waals surface area contributed by atoms with E-state index in [1.807, 2.05) is 55.5 Å². The van der Waals surface area contributed by atoms with Gasteiger partial charge in [-0.2, -0.15) is 5.26 Å². The Bertz CT molecular complexity index is 1250. The van der Waals surface area contributed by atoms with Crippen molar-refractivity contribution in [3.05, 3.63) is 71.8 Å². The minimum absolute atomic E-state index is 0.655. The highest BCUT2D eigenvalue weighted by Gasteiger charge is 2.24. The number of nitriles is 1. The molecule has 1 fully saturated rings. The second kappa shape index (κ2) is 8.29. The first-order valence-electron chi connectivity index (χ1n) is 10.8. The molecule has 0 amide bonds. The number of nitrogens with zero attached hydrogens (tertiary/aromatic N) is 4. The van der Waals surface area contributed by atoms with Crippen molar-refractivity contribution < 1.29 is 9.64 Å². The molecule has 0 atom stereocenters. The molecule has 6 nitrogen and oxygen atoms in total. The van der Waals surface area contributed by atoms with E-state index in [4.69, 9.17) is 9.72 Å². The van der Waals surface area contributed by atoms with Crippen molar-refractivity contribution in [3.63, 3.8) is 0 Å². The fraction of sp³-hybridized carbons (Fsp3) is 0.280. The van der Waals surface area contributed by atoms with Crippen LogP contribution in [0.25, 0.3) is 16.7 Å². The third kappa shape index (κ3) is 3.69. The van der Waals surface area contributed by atoms with Crippen LogP contribution in [0.15, 0.2) is 60.7 Å². The second-order valence-corrected chi connectivity index (χ2v) is 8.08. The van der Waals surface area contributed by atoms with E-state index in [-0.39, 0.29) is 0 Å². The van der Waals surface area contributed by atoms with Gasteiger partial charge in [0.1, 0.15) is 30.8 Å². The van der Waals surface area contributed by atoms with Crippen molar-refractivity contribution in [1.29, 1.82) is 5.26 Å². The Morgan fingerprint density at radius 3 is 2.58 bits per heavy atom. The molecule has 0 saturated carbocycles. The van der Waals surface area contributed by atoms with Gasteiger partial charge in [0.25, 0.3) is 0 Å². The van der Waals surface area contributed by atoms with Crippen molar-refractivity contribution in [2.24, 2.45) is 0 Å². The van der Waals surface area contributed by atoms with Crippen LogP contribution in [0.1, 0.15) is 11.1 Å². The summed E-state index contributed by atoms with van der Waals surface area (Å²) in [6.07, 6.45) is 0. The number of quaternary nitrogens is 1. The van der Waals surface area contributed by atoms with E-state index in [1.54, 1.807) is 4.90 Å². The molecule has 0 radical (unpaired) electrons. The molecular formula is C25H26N5O+. The maximum atomic E-state index is 9.71. The van der Waals surface area contributed by atoms with E-state index in [9.17, 15) is 5.26 Å². The topological polar surface area (TPSA) is 58.0 Å². The molecule has 1 aliphatic rings. The SMILES string of the molecule is Cc1cc(N2CC[NH+](CCOc3ccccc3)CC2)n2c(nc3ccccc32)c1C#N. The summed E-state index contributed by atoms with van der Waals surface area (Å²) in [5.74, 6) is 2.06. The molecule has 0 bridgehead atoms. The maximum absolute atomic E-state index is 9.71. The molecule has 1 N–H and O–H groups in total. The number of piperazine rings is 1. The molecule has 3 heterocycles. The molecule has 156 valence electrons. The van der Waals surface area contributed by atoms with Gasteiger partial charge in [-0.25, -0.2) is 4.98 Å². The third-order valence-electron chi connectivity index (χ3n) is 6.13. The predicted octanol–water partition coefficient (Wildman–Crippen LogP) is 2.45. The van der Waals surface area contributed by atoms with Gasteiger partial charge in [-0.15, -0.1) is 0 Å². The number of benzene rings is 2. The number of ether oxygens (including phenoxy) is 1. The largest absolute Gasteiger partial charge is 0.488 e. The first kappa shape index (κ1) is 19.4. The summed E-state index contributed by atoms with van der Waals surface area (Å²) >= 11 is 0. The number of pyridine rings is 1. The van der Waals surface area contributed by atoms with Crippen molar-refractivity contribution in [2.45, 2.75) is 6.92 Å². The standard InChI is InChI=1S/C25H25N5O/c1-19-17-24(30-23-10-6-5-9-22(23)27-25(30)21(19)18-26)29-13-11-28(12-14-29)15-16-31-20-7-3-2-4-8-20/h2-10,17H,11-16H2,1H3/p+1. The zero-order valence-corrected chi connectivity index (χ0v) is 17.7. The van der Waals surface area contributed by atoms with Gasteiger partial charge < -0.3 is 14.5 Å². The highest BCUT2D eigenvalue weighted by atomic mass is 16.5. The van der Waals surface area contributed by atoms with E-state index in [0.29, 0.717) is 5.56 Å². The van der Waals surface area contributed by atoms with Gasteiger partial charge in [0.2, 0.25) is 0 Å². The molecule has 4 aromatic rings. The number of hydrogen-bond acceptors (Lipinski definition) is 4. The van der Waals surface area contributed by atoms with Crippen LogP contribution in [0.5, 0.6) is 5.75 Å². The van der Waals surface area contributed by atoms with Crippen molar-refractivity contribution in [2.75, 3.05) is 44.2 Å². The van der Waals surface area contributed by atoms with Crippen LogP contribution in [-0.4, -0.2) is 48.7 Å². The minimum atomic E-state index is 0.655. The maximum Gasteiger partial charge on any atom is 0.157 e. The Morgan fingerprint density at radius 2 is 1.81 bits per heavy atom. The average Bonchev–Trinajstić information content (AvgIpc) is 3.19. The third-order valence-corrected chi connectivity index (χ3v) is 6.13. The second-order valence-electron chi connectivity index (χ2n) is 8.08. The first-order valence-corrected chi connectivity index (χ1v) is 10.8. The smallest absolute Gasteiger partial charge is 0.157 e. The van der Waals surface area contributed by atoms with Crippen molar-refractivity contribution in [3.8, 4) is 11.8 Å². The van der Waals surface area contributed by atoms with Crippen LogP contribution < -0.4 is 14.5 Å². The van der Waals surface area contributed by atoms with Crippen LogP contribution in [0.3, 0.4) is 0 Å². The van der Waals surface area contributed by atoms with Crippen molar-refractivity contribution >= 4 is 22.5 Å². The predicted molar refractivity (Wildman–Crippen MR) is 122 cm³/mol. The van der Waals surface area contributed by atoms with E-state index in [1.165, 1.54) is 0 Å². The molecular weight excluding hydrogens is 386 g/mol.